The first kappa shape index (κ1) is 22.8. The highest BCUT2D eigenvalue weighted by atomic mass is 19.1. The van der Waals surface area contributed by atoms with Crippen molar-refractivity contribution in [2.45, 2.75) is 13.5 Å². The number of aromatic nitrogens is 3. The Labute approximate surface area is 195 Å². The molecule has 172 valence electrons. The van der Waals surface area contributed by atoms with Crippen LogP contribution in [-0.4, -0.2) is 37.5 Å². The Morgan fingerprint density at radius 1 is 1.09 bits per heavy atom. The highest BCUT2D eigenvalue weighted by molar-refractivity contribution is 6.02. The zero-order valence-corrected chi connectivity index (χ0v) is 18.9. The van der Waals surface area contributed by atoms with Crippen LogP contribution < -0.4 is 0 Å². The van der Waals surface area contributed by atoms with Crippen molar-refractivity contribution in [1.82, 2.24) is 19.7 Å². The number of carbonyl (C=O) groups excluding carboxylic acids is 1. The molecule has 0 aliphatic rings. The van der Waals surface area contributed by atoms with Gasteiger partial charge in [-0.15, -0.1) is 0 Å². The molecule has 4 aromatic rings. The smallest absolute Gasteiger partial charge is 0.272 e. The molecule has 9 heteroatoms. The molecule has 1 amide bonds. The molecule has 0 aliphatic heterocycles. The maximum atomic E-state index is 13.6. The summed E-state index contributed by atoms with van der Waals surface area (Å²) >= 11 is 0. The van der Waals surface area contributed by atoms with Crippen LogP contribution in [0.3, 0.4) is 0 Å². The molecular weight excluding hydrogens is 437 g/mol. The van der Waals surface area contributed by atoms with Crippen LogP contribution in [0.2, 0.25) is 0 Å². The lowest BCUT2D eigenvalue weighted by atomic mass is 9.99. The van der Waals surface area contributed by atoms with Gasteiger partial charge in [-0.2, -0.15) is 5.10 Å². The number of hydrogen-bond donors (Lipinski definition) is 0. The summed E-state index contributed by atoms with van der Waals surface area (Å²) in [6.45, 7) is 1.92. The van der Waals surface area contributed by atoms with Gasteiger partial charge >= 0.3 is 0 Å². The van der Waals surface area contributed by atoms with Gasteiger partial charge in [-0.05, 0) is 60.5 Å². The number of nitro groups is 1. The molecule has 0 saturated carbocycles. The Balaban J connectivity index is 1.74. The third-order valence-electron chi connectivity index (χ3n) is 5.56. The molecule has 0 atom stereocenters. The van der Waals surface area contributed by atoms with Gasteiger partial charge in [0.15, 0.2) is 0 Å². The van der Waals surface area contributed by atoms with E-state index in [2.05, 4.69) is 10.1 Å². The number of hydrogen-bond acceptors (Lipinski definition) is 5. The number of benzene rings is 2. The lowest BCUT2D eigenvalue weighted by molar-refractivity contribution is -0.385. The maximum Gasteiger partial charge on any atom is 0.272 e. The predicted octanol–water partition coefficient (Wildman–Crippen LogP) is 4.78. The molecule has 0 aliphatic carbocycles. The van der Waals surface area contributed by atoms with Gasteiger partial charge in [0.05, 0.1) is 4.92 Å². The van der Waals surface area contributed by atoms with Crippen LogP contribution in [0.25, 0.3) is 22.4 Å². The number of nitro benzene ring substituents is 1. The van der Waals surface area contributed by atoms with Crippen molar-refractivity contribution in [3.63, 3.8) is 0 Å². The van der Waals surface area contributed by atoms with E-state index in [-0.39, 0.29) is 24.0 Å². The molecule has 2 heterocycles. The zero-order valence-electron chi connectivity index (χ0n) is 18.9. The Hall–Kier alpha value is -4.40. The second-order valence-corrected chi connectivity index (χ2v) is 7.98. The van der Waals surface area contributed by atoms with E-state index in [0.29, 0.717) is 28.1 Å². The number of rotatable bonds is 6. The zero-order chi connectivity index (χ0) is 24.4. The lowest BCUT2D eigenvalue weighted by Gasteiger charge is -2.19. The lowest BCUT2D eigenvalue weighted by Crippen LogP contribution is -2.28. The van der Waals surface area contributed by atoms with E-state index in [4.69, 9.17) is 0 Å². The summed E-state index contributed by atoms with van der Waals surface area (Å²) in [5.74, 6) is -0.634. The first-order chi connectivity index (χ1) is 16.3. The number of pyridine rings is 1. The fourth-order valence-corrected chi connectivity index (χ4v) is 3.92. The summed E-state index contributed by atoms with van der Waals surface area (Å²) in [5.41, 5.74) is 4.30. The van der Waals surface area contributed by atoms with Crippen molar-refractivity contribution >= 4 is 11.6 Å². The van der Waals surface area contributed by atoms with Crippen LogP contribution in [0.5, 0.6) is 0 Å². The van der Waals surface area contributed by atoms with E-state index in [1.807, 2.05) is 0 Å². The molecule has 34 heavy (non-hydrogen) atoms. The van der Waals surface area contributed by atoms with E-state index >= 15 is 0 Å². The molecule has 2 aromatic carbocycles. The van der Waals surface area contributed by atoms with Crippen LogP contribution in [0, 0.1) is 22.9 Å². The average Bonchev–Trinajstić information content (AvgIpc) is 3.16. The fourth-order valence-electron chi connectivity index (χ4n) is 3.92. The second kappa shape index (κ2) is 9.22. The first-order valence-electron chi connectivity index (χ1n) is 10.5. The number of amides is 1. The summed E-state index contributed by atoms with van der Waals surface area (Å²) in [6.07, 6.45) is 3.27. The monoisotopic (exact) mass is 459 g/mol. The van der Waals surface area contributed by atoms with E-state index in [9.17, 15) is 19.3 Å². The second-order valence-electron chi connectivity index (χ2n) is 7.98. The van der Waals surface area contributed by atoms with Crippen molar-refractivity contribution in [1.29, 1.82) is 0 Å². The molecule has 0 fully saturated rings. The largest absolute Gasteiger partial charge is 0.336 e. The summed E-state index contributed by atoms with van der Waals surface area (Å²) in [5, 5.41) is 15.7. The van der Waals surface area contributed by atoms with Crippen LogP contribution >= 0.6 is 0 Å². The molecule has 0 unspecified atom stereocenters. The van der Waals surface area contributed by atoms with E-state index in [1.165, 1.54) is 27.8 Å². The SMILES string of the molecule is Cc1cc(CN(C)C(=O)c2c(-c3ccncc3)c(-c3ccc(F)cc3)nn2C)ccc1[N+](=O)[O-]. The minimum Gasteiger partial charge on any atom is -0.336 e. The minimum atomic E-state index is -0.429. The van der Waals surface area contributed by atoms with E-state index < -0.39 is 4.92 Å². The van der Waals surface area contributed by atoms with Crippen LogP contribution in [0.4, 0.5) is 10.1 Å². The van der Waals surface area contributed by atoms with Crippen LogP contribution in [0.1, 0.15) is 21.6 Å². The molecule has 4 rings (SSSR count). The molecule has 0 spiro atoms. The Morgan fingerprint density at radius 2 is 1.76 bits per heavy atom. The molecule has 2 aromatic heterocycles. The predicted molar refractivity (Wildman–Crippen MR) is 125 cm³/mol. The van der Waals surface area contributed by atoms with Gasteiger partial charge in [0.2, 0.25) is 0 Å². The van der Waals surface area contributed by atoms with Crippen molar-refractivity contribution in [2.24, 2.45) is 7.05 Å². The van der Waals surface area contributed by atoms with Crippen molar-refractivity contribution in [3.8, 4) is 22.4 Å². The van der Waals surface area contributed by atoms with Gasteiger partial charge in [-0.3, -0.25) is 24.6 Å². The standard InChI is InChI=1S/C25H22FN5O3/c1-16-14-17(4-9-21(16)31(33)34)15-29(2)25(32)24-22(18-10-12-27-13-11-18)23(28-30(24)3)19-5-7-20(26)8-6-19/h4-14H,15H2,1-3H3. The summed E-state index contributed by atoms with van der Waals surface area (Å²) < 4.78 is 15.0. The van der Waals surface area contributed by atoms with Crippen molar-refractivity contribution < 1.29 is 14.1 Å². The van der Waals surface area contributed by atoms with Crippen LogP contribution in [0.15, 0.2) is 67.0 Å². The normalized spacial score (nSPS) is 10.8. The summed E-state index contributed by atoms with van der Waals surface area (Å²) in [6, 6.07) is 14.3. The highest BCUT2D eigenvalue weighted by Crippen LogP contribution is 2.35. The molecule has 0 radical (unpaired) electrons. The Kier molecular flexibility index (Phi) is 6.18. The Morgan fingerprint density at radius 3 is 2.38 bits per heavy atom. The highest BCUT2D eigenvalue weighted by Gasteiger charge is 2.27. The first-order valence-corrected chi connectivity index (χ1v) is 10.5. The third-order valence-corrected chi connectivity index (χ3v) is 5.56. The quantitative estimate of drug-likeness (QED) is 0.306. The molecular formula is C25H22FN5O3. The molecule has 0 bridgehead atoms. The fraction of sp³-hybridized carbons (Fsp3) is 0.160. The van der Waals surface area contributed by atoms with Gasteiger partial charge in [-0.1, -0.05) is 6.07 Å². The van der Waals surface area contributed by atoms with Crippen molar-refractivity contribution in [3.05, 3.63) is 99.7 Å². The summed E-state index contributed by atoms with van der Waals surface area (Å²) in [7, 11) is 3.36. The average molecular weight is 459 g/mol. The van der Waals surface area contributed by atoms with Gasteiger partial charge < -0.3 is 4.90 Å². The number of nitrogens with zero attached hydrogens (tertiary/aromatic N) is 5. The molecule has 0 N–H and O–H groups in total. The Bertz CT molecular complexity index is 1370. The minimum absolute atomic E-state index is 0.0354. The summed E-state index contributed by atoms with van der Waals surface area (Å²) in [4.78, 5) is 29.9. The van der Waals surface area contributed by atoms with E-state index in [1.54, 1.807) is 69.8 Å². The topological polar surface area (TPSA) is 94.2 Å². The van der Waals surface area contributed by atoms with Gasteiger partial charge in [0.25, 0.3) is 11.6 Å². The van der Waals surface area contributed by atoms with Gasteiger partial charge in [0, 0.05) is 55.8 Å². The molecule has 0 saturated heterocycles. The number of halogens is 1. The maximum absolute atomic E-state index is 13.6. The van der Waals surface area contributed by atoms with Gasteiger partial charge in [0.1, 0.15) is 17.2 Å². The van der Waals surface area contributed by atoms with E-state index in [0.717, 1.165) is 11.1 Å². The van der Waals surface area contributed by atoms with Crippen molar-refractivity contribution in [2.75, 3.05) is 7.05 Å². The molecule has 8 nitrogen and oxygen atoms in total. The number of carbonyl (C=O) groups is 1. The third kappa shape index (κ3) is 4.40. The number of aryl methyl sites for hydroxylation is 2. The van der Waals surface area contributed by atoms with Crippen LogP contribution in [-0.2, 0) is 13.6 Å². The van der Waals surface area contributed by atoms with Gasteiger partial charge in [-0.25, -0.2) is 4.39 Å².